The Hall–Kier alpha value is -0.820. The van der Waals surface area contributed by atoms with Crippen molar-refractivity contribution in [3.05, 3.63) is 29.6 Å². The monoisotopic (exact) mass is 329 g/mol. The van der Waals surface area contributed by atoms with Gasteiger partial charge in [-0.3, -0.25) is 0 Å². The van der Waals surface area contributed by atoms with Gasteiger partial charge in [0.15, 0.2) is 0 Å². The van der Waals surface area contributed by atoms with Crippen LogP contribution in [-0.4, -0.2) is 28.6 Å². The van der Waals surface area contributed by atoms with Gasteiger partial charge in [0.2, 0.25) is 0 Å². The van der Waals surface area contributed by atoms with E-state index < -0.39 is 16.1 Å². The molecule has 1 N–H and O–H groups in total. The van der Waals surface area contributed by atoms with Crippen LogP contribution in [0.2, 0.25) is 0 Å². The van der Waals surface area contributed by atoms with Crippen molar-refractivity contribution in [3.63, 3.8) is 0 Å². The van der Waals surface area contributed by atoms with Crippen LogP contribution in [0.4, 0.5) is 4.39 Å². The zero-order valence-corrected chi connectivity index (χ0v) is 14.3. The summed E-state index contributed by atoms with van der Waals surface area (Å²) in [7, 11) is 0. The first-order chi connectivity index (χ1) is 10.3. The number of halogens is 1. The van der Waals surface area contributed by atoms with Crippen LogP contribution in [0.25, 0.3) is 0 Å². The Balaban J connectivity index is 2.08. The number of ether oxygens (including phenoxy) is 2. The van der Waals surface area contributed by atoms with Crippen LogP contribution in [0.3, 0.4) is 0 Å². The lowest BCUT2D eigenvalue weighted by Crippen LogP contribution is -2.40. The van der Waals surface area contributed by atoms with Gasteiger partial charge in [0.25, 0.3) is 0 Å². The van der Waals surface area contributed by atoms with E-state index in [4.69, 9.17) is 9.47 Å². The summed E-state index contributed by atoms with van der Waals surface area (Å²) in [4.78, 5) is 0. The van der Waals surface area contributed by atoms with Crippen LogP contribution >= 0.6 is 0 Å². The summed E-state index contributed by atoms with van der Waals surface area (Å²) >= 11 is -1.26. The summed E-state index contributed by atoms with van der Waals surface area (Å²) in [5, 5.41) is 0. The molecule has 0 saturated carbocycles. The fourth-order valence-corrected chi connectivity index (χ4v) is 2.93. The average molecular weight is 329 g/mol. The summed E-state index contributed by atoms with van der Waals surface area (Å²) in [6.07, 6.45) is 0.861. The molecule has 1 aromatic carbocycles. The highest BCUT2D eigenvalue weighted by Crippen LogP contribution is 2.26. The molecule has 22 heavy (non-hydrogen) atoms. The van der Waals surface area contributed by atoms with Crippen molar-refractivity contribution in [1.82, 2.24) is 4.72 Å². The highest BCUT2D eigenvalue weighted by molar-refractivity contribution is 7.90. The van der Waals surface area contributed by atoms with Crippen molar-refractivity contribution in [2.75, 3.05) is 13.2 Å². The summed E-state index contributed by atoms with van der Waals surface area (Å²) in [6, 6.07) is 4.30. The van der Waals surface area contributed by atoms with Crippen molar-refractivity contribution in [1.29, 1.82) is 0 Å². The Labute approximate surface area is 134 Å². The SMILES string of the molecule is C[C@H](N[S+]([O-])C(C)(C)C)c1cc(O[C@H]2CCOC2)ccc1F. The van der Waals surface area contributed by atoms with E-state index in [1.165, 1.54) is 6.07 Å². The van der Waals surface area contributed by atoms with E-state index in [9.17, 15) is 8.94 Å². The predicted octanol–water partition coefficient (Wildman–Crippen LogP) is 3.11. The number of nitrogens with one attached hydrogen (secondary N) is 1. The van der Waals surface area contributed by atoms with Crippen molar-refractivity contribution in [2.24, 2.45) is 0 Å². The molecule has 3 atom stereocenters. The molecule has 1 saturated heterocycles. The van der Waals surface area contributed by atoms with Gasteiger partial charge >= 0.3 is 0 Å². The molecule has 4 nitrogen and oxygen atoms in total. The Morgan fingerprint density at radius 3 is 2.77 bits per heavy atom. The van der Waals surface area contributed by atoms with Gasteiger partial charge in [0.1, 0.15) is 22.4 Å². The molecular weight excluding hydrogens is 305 g/mol. The Morgan fingerprint density at radius 2 is 2.18 bits per heavy atom. The second kappa shape index (κ2) is 7.17. The lowest BCUT2D eigenvalue weighted by molar-refractivity contribution is 0.141. The van der Waals surface area contributed by atoms with E-state index >= 15 is 0 Å². The van der Waals surface area contributed by atoms with Gasteiger partial charge in [-0.15, -0.1) is 4.72 Å². The zero-order chi connectivity index (χ0) is 16.3. The van der Waals surface area contributed by atoms with E-state index in [0.717, 1.165) is 6.42 Å². The average Bonchev–Trinajstić information content (AvgIpc) is 2.92. The summed E-state index contributed by atoms with van der Waals surface area (Å²) in [5.41, 5.74) is 0.453. The van der Waals surface area contributed by atoms with Crippen LogP contribution in [0, 0.1) is 5.82 Å². The van der Waals surface area contributed by atoms with Crippen molar-refractivity contribution in [2.45, 2.75) is 51.0 Å². The van der Waals surface area contributed by atoms with Crippen LogP contribution in [0.15, 0.2) is 18.2 Å². The minimum absolute atomic E-state index is 0.0188. The van der Waals surface area contributed by atoms with E-state index in [0.29, 0.717) is 24.5 Å². The van der Waals surface area contributed by atoms with Gasteiger partial charge in [-0.25, -0.2) is 4.39 Å². The topological polar surface area (TPSA) is 53.5 Å². The smallest absolute Gasteiger partial charge is 0.136 e. The molecule has 1 unspecified atom stereocenters. The predicted molar refractivity (Wildman–Crippen MR) is 85.7 cm³/mol. The molecule has 1 heterocycles. The molecule has 0 aromatic heterocycles. The molecule has 0 aliphatic carbocycles. The molecule has 1 aromatic rings. The van der Waals surface area contributed by atoms with E-state index in [1.54, 1.807) is 19.1 Å². The third-order valence-electron chi connectivity index (χ3n) is 3.46. The maximum Gasteiger partial charge on any atom is 0.136 e. The third-order valence-corrected chi connectivity index (χ3v) is 5.14. The van der Waals surface area contributed by atoms with Gasteiger partial charge < -0.3 is 14.0 Å². The molecular formula is C16H24FNO3S. The van der Waals surface area contributed by atoms with Gasteiger partial charge in [-0.05, 0) is 45.9 Å². The molecule has 1 fully saturated rings. The summed E-state index contributed by atoms with van der Waals surface area (Å²) < 4.78 is 39.8. The molecule has 0 bridgehead atoms. The van der Waals surface area contributed by atoms with E-state index in [1.807, 2.05) is 20.8 Å². The Bertz CT molecular complexity index is 501. The normalized spacial score (nSPS) is 21.6. The van der Waals surface area contributed by atoms with E-state index in [2.05, 4.69) is 4.72 Å². The van der Waals surface area contributed by atoms with Gasteiger partial charge in [-0.2, -0.15) is 0 Å². The largest absolute Gasteiger partial charge is 0.598 e. The summed E-state index contributed by atoms with van der Waals surface area (Å²) in [5.74, 6) is 0.281. The van der Waals surface area contributed by atoms with Gasteiger partial charge in [0, 0.05) is 23.3 Å². The number of rotatable bonds is 5. The fourth-order valence-electron chi connectivity index (χ4n) is 2.13. The first kappa shape index (κ1) is 17.5. The zero-order valence-electron chi connectivity index (χ0n) is 13.5. The van der Waals surface area contributed by atoms with Crippen LogP contribution in [-0.2, 0) is 16.1 Å². The molecule has 2 rings (SSSR count). The lowest BCUT2D eigenvalue weighted by Gasteiger charge is -2.27. The molecule has 6 heteroatoms. The molecule has 124 valence electrons. The maximum atomic E-state index is 14.1. The van der Waals surface area contributed by atoms with E-state index in [-0.39, 0.29) is 18.0 Å². The highest BCUT2D eigenvalue weighted by atomic mass is 32.2. The Kier molecular flexibility index (Phi) is 5.71. The van der Waals surface area contributed by atoms with Crippen molar-refractivity contribution in [3.8, 4) is 5.75 Å². The van der Waals surface area contributed by atoms with Gasteiger partial charge in [-0.1, -0.05) is 0 Å². The lowest BCUT2D eigenvalue weighted by atomic mass is 10.1. The first-order valence-corrected chi connectivity index (χ1v) is 8.64. The molecule has 0 spiro atoms. The standard InChI is InChI=1S/C16H24FNO3S/c1-11(18-22(19)16(2,3)4)14-9-12(5-6-15(14)17)21-13-7-8-20-10-13/h5-6,9,11,13,18H,7-8,10H2,1-4H3/t11-,13-,22?/m0/s1. The number of benzene rings is 1. The van der Waals surface area contributed by atoms with Gasteiger partial charge in [0.05, 0.1) is 19.3 Å². The number of hydrogen-bond acceptors (Lipinski definition) is 4. The van der Waals surface area contributed by atoms with Crippen molar-refractivity contribution >= 4 is 11.4 Å². The minimum Gasteiger partial charge on any atom is -0.598 e. The second-order valence-corrected chi connectivity index (χ2v) is 8.51. The van der Waals surface area contributed by atoms with Crippen LogP contribution < -0.4 is 9.46 Å². The third kappa shape index (κ3) is 4.59. The molecule has 0 amide bonds. The second-order valence-electron chi connectivity index (χ2n) is 6.51. The Morgan fingerprint density at radius 1 is 1.45 bits per heavy atom. The molecule has 1 aliphatic rings. The van der Waals surface area contributed by atoms with Crippen molar-refractivity contribution < 1.29 is 18.4 Å². The van der Waals surface area contributed by atoms with Crippen LogP contribution in [0.1, 0.15) is 45.7 Å². The minimum atomic E-state index is -1.26. The summed E-state index contributed by atoms with van der Waals surface area (Å²) in [6.45, 7) is 8.68. The first-order valence-electron chi connectivity index (χ1n) is 7.49. The maximum absolute atomic E-state index is 14.1. The number of hydrogen-bond donors (Lipinski definition) is 1. The molecule has 1 aliphatic heterocycles. The quantitative estimate of drug-likeness (QED) is 0.844. The highest BCUT2D eigenvalue weighted by Gasteiger charge is 2.29. The van der Waals surface area contributed by atoms with Crippen LogP contribution in [0.5, 0.6) is 5.75 Å². The molecule has 0 radical (unpaired) electrons. The fraction of sp³-hybridized carbons (Fsp3) is 0.625.